The first kappa shape index (κ1) is 18.9. The summed E-state index contributed by atoms with van der Waals surface area (Å²) in [5.41, 5.74) is 2.72. The Morgan fingerprint density at radius 2 is 1.97 bits per heavy atom. The Hall–Kier alpha value is -3.09. The van der Waals surface area contributed by atoms with Gasteiger partial charge in [-0.15, -0.1) is 0 Å². The van der Waals surface area contributed by atoms with Gasteiger partial charge in [-0.1, -0.05) is 26.3 Å². The topological polar surface area (TPSA) is 78.3 Å². The van der Waals surface area contributed by atoms with Crippen molar-refractivity contribution >= 4 is 22.8 Å². The van der Waals surface area contributed by atoms with E-state index in [-0.39, 0.29) is 11.8 Å². The molecule has 0 bridgehead atoms. The SMILES string of the molecule is CC(C)Cn1nc(NC(=O)C2CCC2)c2cc(-c3ccc4c(c3)OCCO4)cnc21. The lowest BCUT2D eigenvalue weighted by atomic mass is 9.85. The van der Waals surface area contributed by atoms with Gasteiger partial charge in [-0.25, -0.2) is 9.67 Å². The first-order valence-electron chi connectivity index (χ1n) is 10.7. The molecule has 2 aliphatic rings. The summed E-state index contributed by atoms with van der Waals surface area (Å²) in [5.74, 6) is 2.67. The van der Waals surface area contributed by atoms with Crippen molar-refractivity contribution in [2.45, 2.75) is 39.7 Å². The zero-order valence-electron chi connectivity index (χ0n) is 17.4. The summed E-state index contributed by atoms with van der Waals surface area (Å²) in [4.78, 5) is 17.3. The van der Waals surface area contributed by atoms with E-state index in [2.05, 4.69) is 19.2 Å². The highest BCUT2D eigenvalue weighted by Crippen LogP contribution is 2.36. The van der Waals surface area contributed by atoms with Gasteiger partial charge in [0.2, 0.25) is 5.91 Å². The fraction of sp³-hybridized carbons (Fsp3) is 0.435. The van der Waals surface area contributed by atoms with Crippen molar-refractivity contribution in [1.82, 2.24) is 14.8 Å². The van der Waals surface area contributed by atoms with E-state index in [1.165, 1.54) is 0 Å². The average Bonchev–Trinajstić information content (AvgIpc) is 3.02. The van der Waals surface area contributed by atoms with Crippen molar-refractivity contribution in [3.63, 3.8) is 0 Å². The molecule has 0 unspecified atom stereocenters. The highest BCUT2D eigenvalue weighted by atomic mass is 16.6. The van der Waals surface area contributed by atoms with Crippen molar-refractivity contribution < 1.29 is 14.3 Å². The third-order valence-electron chi connectivity index (χ3n) is 5.72. The molecule has 0 radical (unpaired) electrons. The van der Waals surface area contributed by atoms with Crippen molar-refractivity contribution in [2.24, 2.45) is 11.8 Å². The second-order valence-electron chi connectivity index (χ2n) is 8.50. The van der Waals surface area contributed by atoms with Crippen molar-refractivity contribution in [2.75, 3.05) is 18.5 Å². The van der Waals surface area contributed by atoms with Gasteiger partial charge in [-0.2, -0.15) is 5.10 Å². The number of amides is 1. The number of nitrogens with zero attached hydrogens (tertiary/aromatic N) is 3. The summed E-state index contributed by atoms with van der Waals surface area (Å²) in [6.45, 7) is 6.14. The molecule has 1 aromatic carbocycles. The lowest BCUT2D eigenvalue weighted by molar-refractivity contribution is -0.122. The van der Waals surface area contributed by atoms with Gasteiger partial charge in [0.25, 0.3) is 0 Å². The Morgan fingerprint density at radius 1 is 1.17 bits per heavy atom. The molecule has 1 amide bonds. The van der Waals surface area contributed by atoms with E-state index >= 15 is 0 Å². The summed E-state index contributed by atoms with van der Waals surface area (Å²) in [6, 6.07) is 7.95. The predicted molar refractivity (Wildman–Crippen MR) is 115 cm³/mol. The average molecular weight is 406 g/mol. The van der Waals surface area contributed by atoms with Gasteiger partial charge in [-0.3, -0.25) is 4.79 Å². The minimum atomic E-state index is 0.0575. The summed E-state index contributed by atoms with van der Waals surface area (Å²) in [7, 11) is 0. The molecule has 30 heavy (non-hydrogen) atoms. The Labute approximate surface area is 175 Å². The second-order valence-corrected chi connectivity index (χ2v) is 8.50. The molecule has 3 aromatic rings. The number of fused-ring (bicyclic) bond motifs is 2. The minimum Gasteiger partial charge on any atom is -0.486 e. The molecule has 2 aromatic heterocycles. The standard InChI is InChI=1S/C23H26N4O3/c1-14(2)13-27-22-18(21(26-27)25-23(28)15-4-3-5-15)10-17(12-24-22)16-6-7-19-20(11-16)30-9-8-29-19/h6-7,10-12,14-15H,3-5,8-9,13H2,1-2H3,(H,25,26,28). The van der Waals surface area contributed by atoms with E-state index in [1.807, 2.05) is 35.1 Å². The van der Waals surface area contributed by atoms with E-state index in [9.17, 15) is 4.79 Å². The number of nitrogens with one attached hydrogen (secondary N) is 1. The van der Waals surface area contributed by atoms with Gasteiger partial charge in [0.1, 0.15) is 13.2 Å². The van der Waals surface area contributed by atoms with E-state index in [0.29, 0.717) is 24.9 Å². The summed E-state index contributed by atoms with van der Waals surface area (Å²) < 4.78 is 13.2. The van der Waals surface area contributed by atoms with Crippen molar-refractivity contribution in [1.29, 1.82) is 0 Å². The molecule has 0 atom stereocenters. The van der Waals surface area contributed by atoms with Crippen LogP contribution in [-0.4, -0.2) is 33.9 Å². The van der Waals surface area contributed by atoms with Gasteiger partial charge in [-0.05, 0) is 42.5 Å². The molecule has 0 saturated heterocycles. The first-order chi connectivity index (χ1) is 14.6. The van der Waals surface area contributed by atoms with Crippen LogP contribution in [0.2, 0.25) is 0 Å². The summed E-state index contributed by atoms with van der Waals surface area (Å²) in [6.07, 6.45) is 4.88. The van der Waals surface area contributed by atoms with Crippen LogP contribution in [0.5, 0.6) is 11.5 Å². The van der Waals surface area contributed by atoms with Gasteiger partial charge in [0.05, 0.1) is 5.39 Å². The number of rotatable bonds is 5. The smallest absolute Gasteiger partial charge is 0.228 e. The van der Waals surface area contributed by atoms with Crippen LogP contribution in [0.3, 0.4) is 0 Å². The van der Waals surface area contributed by atoms with Crippen molar-refractivity contribution in [3.05, 3.63) is 30.5 Å². The van der Waals surface area contributed by atoms with Gasteiger partial charge in [0, 0.05) is 24.2 Å². The molecule has 3 heterocycles. The normalized spacial score (nSPS) is 16.0. The molecule has 0 spiro atoms. The molecule has 5 rings (SSSR count). The second kappa shape index (κ2) is 7.63. The van der Waals surface area contributed by atoms with E-state index in [1.54, 1.807) is 0 Å². The number of anilines is 1. The molecule has 1 aliphatic carbocycles. The maximum Gasteiger partial charge on any atom is 0.228 e. The zero-order chi connectivity index (χ0) is 20.7. The number of ether oxygens (including phenoxy) is 2. The van der Waals surface area contributed by atoms with Gasteiger partial charge in [0.15, 0.2) is 23.0 Å². The molecule has 7 heteroatoms. The van der Waals surface area contributed by atoms with E-state index < -0.39 is 0 Å². The van der Waals surface area contributed by atoms with Crippen LogP contribution in [0.4, 0.5) is 5.82 Å². The zero-order valence-corrected chi connectivity index (χ0v) is 17.4. The number of benzene rings is 1. The highest BCUT2D eigenvalue weighted by molar-refractivity contribution is 6.01. The van der Waals surface area contributed by atoms with E-state index in [0.717, 1.165) is 59.5 Å². The summed E-state index contributed by atoms with van der Waals surface area (Å²) >= 11 is 0. The number of hydrogen-bond donors (Lipinski definition) is 1. The highest BCUT2D eigenvalue weighted by Gasteiger charge is 2.27. The molecule has 7 nitrogen and oxygen atoms in total. The van der Waals surface area contributed by atoms with Crippen molar-refractivity contribution in [3.8, 4) is 22.6 Å². The minimum absolute atomic E-state index is 0.0575. The van der Waals surface area contributed by atoms with Crippen LogP contribution in [0.15, 0.2) is 30.5 Å². The van der Waals surface area contributed by atoms with Crippen LogP contribution in [0.25, 0.3) is 22.2 Å². The molecule has 1 fully saturated rings. The number of pyridine rings is 1. The molecular weight excluding hydrogens is 380 g/mol. The molecule has 156 valence electrons. The van der Waals surface area contributed by atoms with Crippen LogP contribution >= 0.6 is 0 Å². The Balaban J connectivity index is 1.54. The lowest BCUT2D eigenvalue weighted by Crippen LogP contribution is -2.28. The van der Waals surface area contributed by atoms with Gasteiger partial charge < -0.3 is 14.8 Å². The first-order valence-corrected chi connectivity index (χ1v) is 10.7. The Morgan fingerprint density at radius 3 is 2.70 bits per heavy atom. The number of carbonyl (C=O) groups excluding carboxylic acids is 1. The number of carbonyl (C=O) groups is 1. The lowest BCUT2D eigenvalue weighted by Gasteiger charge is -2.23. The maximum absolute atomic E-state index is 12.6. The Kier molecular flexibility index (Phi) is 4.81. The number of hydrogen-bond acceptors (Lipinski definition) is 5. The third kappa shape index (κ3) is 3.49. The Bertz CT molecular complexity index is 1100. The summed E-state index contributed by atoms with van der Waals surface area (Å²) in [5, 5.41) is 8.60. The molecule has 1 aliphatic heterocycles. The maximum atomic E-state index is 12.6. The van der Waals surface area contributed by atoms with Crippen LogP contribution in [0, 0.1) is 11.8 Å². The fourth-order valence-corrected chi connectivity index (χ4v) is 3.89. The van der Waals surface area contributed by atoms with Crippen LogP contribution in [0.1, 0.15) is 33.1 Å². The predicted octanol–water partition coefficient (Wildman–Crippen LogP) is 4.26. The van der Waals surface area contributed by atoms with Gasteiger partial charge >= 0.3 is 0 Å². The monoisotopic (exact) mass is 406 g/mol. The number of aromatic nitrogens is 3. The molecule has 1 N–H and O–H groups in total. The van der Waals surface area contributed by atoms with E-state index in [4.69, 9.17) is 19.6 Å². The third-order valence-corrected chi connectivity index (χ3v) is 5.72. The largest absolute Gasteiger partial charge is 0.486 e. The van der Waals surface area contributed by atoms with Crippen LogP contribution in [-0.2, 0) is 11.3 Å². The molecule has 1 saturated carbocycles. The quantitative estimate of drug-likeness (QED) is 0.685. The van der Waals surface area contributed by atoms with Crippen LogP contribution < -0.4 is 14.8 Å². The molecular formula is C23H26N4O3. The fourth-order valence-electron chi connectivity index (χ4n) is 3.89.